The molecule has 1 atom stereocenters. The molecular formula is C26H24Br2N2O4S2. The number of carbonyl (C=O) groups is 1. The number of thioether (sulfide) groups is 1. The molecule has 0 saturated heterocycles. The van der Waals surface area contributed by atoms with Gasteiger partial charge in [-0.05, 0) is 78.9 Å². The standard InChI is InChI=1S/C26H24Br2N2O4S2/c1-13(2)34-25(32)21-14(3)29-26-30(22(21)15-6-8-18(35-5)9-7-15)24(31)20(36-26)11-16-10-17(27)12-19(28)23(16)33-4/h6-13,22H,1-5H3/b20-11-/t22-/m0/s1. The Morgan fingerprint density at radius 2 is 1.92 bits per heavy atom. The lowest BCUT2D eigenvalue weighted by Gasteiger charge is -2.25. The molecule has 0 N–H and O–H groups in total. The maximum Gasteiger partial charge on any atom is 0.338 e. The van der Waals surface area contributed by atoms with Gasteiger partial charge in [-0.1, -0.05) is 39.4 Å². The van der Waals surface area contributed by atoms with Crippen LogP contribution in [0.15, 0.2) is 71.3 Å². The third-order valence-electron chi connectivity index (χ3n) is 5.54. The van der Waals surface area contributed by atoms with Crippen molar-refractivity contribution in [3.63, 3.8) is 0 Å². The molecule has 6 nitrogen and oxygen atoms in total. The van der Waals surface area contributed by atoms with Crippen molar-refractivity contribution in [1.82, 2.24) is 4.57 Å². The van der Waals surface area contributed by atoms with Crippen molar-refractivity contribution in [3.8, 4) is 5.75 Å². The zero-order valence-corrected chi connectivity index (χ0v) is 25.1. The van der Waals surface area contributed by atoms with Crippen molar-refractivity contribution in [2.75, 3.05) is 13.4 Å². The van der Waals surface area contributed by atoms with Crippen LogP contribution in [-0.2, 0) is 9.53 Å². The van der Waals surface area contributed by atoms with Gasteiger partial charge in [-0.15, -0.1) is 11.8 Å². The van der Waals surface area contributed by atoms with Crippen LogP contribution in [0.3, 0.4) is 0 Å². The van der Waals surface area contributed by atoms with Crippen LogP contribution >= 0.6 is 55.0 Å². The zero-order chi connectivity index (χ0) is 26.1. The number of thiazole rings is 1. The fourth-order valence-corrected chi connectivity index (χ4v) is 6.87. The van der Waals surface area contributed by atoms with Crippen LogP contribution in [0.4, 0.5) is 0 Å². The number of hydrogen-bond donors (Lipinski definition) is 0. The molecule has 0 bridgehead atoms. The third-order valence-corrected chi connectivity index (χ3v) is 8.32. The van der Waals surface area contributed by atoms with Gasteiger partial charge in [0.1, 0.15) is 5.75 Å². The number of halogens is 2. The minimum absolute atomic E-state index is 0.238. The van der Waals surface area contributed by atoms with Gasteiger partial charge in [-0.2, -0.15) is 0 Å². The lowest BCUT2D eigenvalue weighted by atomic mass is 9.96. The highest BCUT2D eigenvalue weighted by Gasteiger charge is 2.33. The molecule has 2 heterocycles. The number of fused-ring (bicyclic) bond motifs is 1. The molecule has 0 radical (unpaired) electrons. The predicted molar refractivity (Wildman–Crippen MR) is 152 cm³/mol. The highest BCUT2D eigenvalue weighted by Crippen LogP contribution is 2.34. The monoisotopic (exact) mass is 650 g/mol. The number of methoxy groups -OCH3 is 1. The highest BCUT2D eigenvalue weighted by atomic mass is 79.9. The first-order valence-electron chi connectivity index (χ1n) is 11.0. The molecule has 0 fully saturated rings. The zero-order valence-electron chi connectivity index (χ0n) is 20.3. The Bertz CT molecular complexity index is 1540. The Morgan fingerprint density at radius 3 is 2.53 bits per heavy atom. The Balaban J connectivity index is 1.97. The Hall–Kier alpha value is -2.14. The maximum atomic E-state index is 13.8. The first-order chi connectivity index (χ1) is 17.1. The summed E-state index contributed by atoms with van der Waals surface area (Å²) in [7, 11) is 1.58. The number of carbonyl (C=O) groups excluding carboxylic acids is 1. The molecule has 10 heteroatoms. The summed E-state index contributed by atoms with van der Waals surface area (Å²) in [6, 6.07) is 11.0. The number of benzene rings is 2. The summed E-state index contributed by atoms with van der Waals surface area (Å²) < 4.78 is 14.8. The van der Waals surface area contributed by atoms with Crippen LogP contribution in [0.25, 0.3) is 6.08 Å². The summed E-state index contributed by atoms with van der Waals surface area (Å²) in [6.45, 7) is 5.38. The first kappa shape index (κ1) is 26.9. The molecule has 0 aliphatic carbocycles. The number of rotatable bonds is 6. The first-order valence-corrected chi connectivity index (χ1v) is 14.7. The van der Waals surface area contributed by atoms with E-state index in [4.69, 9.17) is 9.47 Å². The van der Waals surface area contributed by atoms with Gasteiger partial charge in [0.2, 0.25) is 0 Å². The molecule has 2 aromatic carbocycles. The van der Waals surface area contributed by atoms with Crippen LogP contribution in [0, 0.1) is 0 Å². The second kappa shape index (κ2) is 11.1. The average molecular weight is 652 g/mol. The van der Waals surface area contributed by atoms with Gasteiger partial charge in [0, 0.05) is 14.9 Å². The Morgan fingerprint density at radius 1 is 1.22 bits per heavy atom. The minimum Gasteiger partial charge on any atom is -0.495 e. The average Bonchev–Trinajstić information content (AvgIpc) is 3.12. The highest BCUT2D eigenvalue weighted by molar-refractivity contribution is 9.11. The number of aromatic nitrogens is 1. The SMILES string of the molecule is COc1c(Br)cc(Br)cc1/C=c1\sc2n(c1=O)[C@@H](c1ccc(SC)cc1)C(C(=O)OC(C)C)=C(C)N=2. The number of ether oxygens (including phenoxy) is 2. The molecule has 188 valence electrons. The normalized spacial score (nSPS) is 15.7. The van der Waals surface area contributed by atoms with E-state index in [1.54, 1.807) is 50.3 Å². The molecule has 1 aliphatic rings. The molecule has 3 aromatic rings. The lowest BCUT2D eigenvalue weighted by Crippen LogP contribution is -2.40. The Labute approximate surface area is 234 Å². The summed E-state index contributed by atoms with van der Waals surface area (Å²) in [5.41, 5.74) is 2.21. The minimum atomic E-state index is -0.651. The third kappa shape index (κ3) is 5.27. The van der Waals surface area contributed by atoms with Crippen molar-refractivity contribution in [2.24, 2.45) is 4.99 Å². The van der Waals surface area contributed by atoms with Gasteiger partial charge in [0.05, 0.1) is 39.5 Å². The van der Waals surface area contributed by atoms with E-state index in [-0.39, 0.29) is 11.7 Å². The van der Waals surface area contributed by atoms with Crippen molar-refractivity contribution < 1.29 is 14.3 Å². The summed E-state index contributed by atoms with van der Waals surface area (Å²) >= 11 is 9.93. The summed E-state index contributed by atoms with van der Waals surface area (Å²) in [5.74, 6) is 0.141. The van der Waals surface area contributed by atoms with Crippen LogP contribution < -0.4 is 19.6 Å². The van der Waals surface area contributed by atoms with Gasteiger partial charge in [0.25, 0.3) is 5.56 Å². The van der Waals surface area contributed by atoms with Gasteiger partial charge in [-0.25, -0.2) is 9.79 Å². The van der Waals surface area contributed by atoms with Crippen molar-refractivity contribution >= 4 is 67.0 Å². The van der Waals surface area contributed by atoms with Crippen LogP contribution in [0.5, 0.6) is 5.75 Å². The van der Waals surface area contributed by atoms with Gasteiger partial charge < -0.3 is 9.47 Å². The van der Waals surface area contributed by atoms with Crippen molar-refractivity contribution in [3.05, 3.63) is 87.4 Å². The second-order valence-electron chi connectivity index (χ2n) is 8.32. The van der Waals surface area contributed by atoms with E-state index in [1.165, 1.54) is 11.3 Å². The van der Waals surface area contributed by atoms with Gasteiger partial charge in [-0.3, -0.25) is 9.36 Å². The van der Waals surface area contributed by atoms with Gasteiger partial charge >= 0.3 is 5.97 Å². The van der Waals surface area contributed by atoms with E-state index in [0.29, 0.717) is 26.4 Å². The van der Waals surface area contributed by atoms with E-state index in [2.05, 4.69) is 36.9 Å². The molecular weight excluding hydrogens is 628 g/mol. The molecule has 0 amide bonds. The molecule has 0 unspecified atom stereocenters. The van der Waals surface area contributed by atoms with Gasteiger partial charge in [0.15, 0.2) is 4.80 Å². The van der Waals surface area contributed by atoms with Crippen LogP contribution in [0.2, 0.25) is 0 Å². The number of nitrogens with zero attached hydrogens (tertiary/aromatic N) is 2. The van der Waals surface area contributed by atoms with E-state index < -0.39 is 12.0 Å². The maximum absolute atomic E-state index is 13.8. The predicted octanol–water partition coefficient (Wildman–Crippen LogP) is 5.44. The number of allylic oxidation sites excluding steroid dienone is 1. The number of esters is 1. The smallest absolute Gasteiger partial charge is 0.338 e. The van der Waals surface area contributed by atoms with E-state index in [0.717, 1.165) is 25.0 Å². The Kier molecular flexibility index (Phi) is 8.28. The molecule has 0 spiro atoms. The molecule has 36 heavy (non-hydrogen) atoms. The fourth-order valence-electron chi connectivity index (χ4n) is 4.01. The van der Waals surface area contributed by atoms with Crippen molar-refractivity contribution in [2.45, 2.75) is 37.8 Å². The van der Waals surface area contributed by atoms with E-state index in [1.807, 2.05) is 42.7 Å². The summed E-state index contributed by atoms with van der Waals surface area (Å²) in [4.78, 5) is 33.3. The summed E-state index contributed by atoms with van der Waals surface area (Å²) in [5, 5.41) is 0. The molecule has 4 rings (SSSR count). The van der Waals surface area contributed by atoms with Crippen molar-refractivity contribution in [1.29, 1.82) is 0 Å². The van der Waals surface area contributed by atoms with Crippen LogP contribution in [-0.4, -0.2) is 30.0 Å². The molecule has 1 aromatic heterocycles. The van der Waals surface area contributed by atoms with Crippen LogP contribution in [0.1, 0.15) is 37.9 Å². The number of hydrogen-bond acceptors (Lipinski definition) is 7. The van der Waals surface area contributed by atoms with E-state index in [9.17, 15) is 9.59 Å². The lowest BCUT2D eigenvalue weighted by molar-refractivity contribution is -0.143. The quantitative estimate of drug-likeness (QED) is 0.262. The van der Waals surface area contributed by atoms with E-state index >= 15 is 0 Å². The molecule has 1 aliphatic heterocycles. The topological polar surface area (TPSA) is 69.9 Å². The fraction of sp³-hybridized carbons (Fsp3) is 0.269. The summed E-state index contributed by atoms with van der Waals surface area (Å²) in [6.07, 6.45) is 3.49. The largest absolute Gasteiger partial charge is 0.495 e. The second-order valence-corrected chi connectivity index (χ2v) is 12.0. The molecule has 0 saturated carbocycles.